The number of ether oxygens (including phenoxy) is 1. The quantitative estimate of drug-likeness (QED) is 0.776. The van der Waals surface area contributed by atoms with Crippen LogP contribution >= 0.6 is 0 Å². The molecule has 0 bridgehead atoms. The van der Waals surface area contributed by atoms with Crippen LogP contribution in [0.15, 0.2) is 18.2 Å². The Hall–Kier alpha value is -1.13. The molecule has 3 nitrogen and oxygen atoms in total. The number of hydrogen-bond acceptors (Lipinski definition) is 3. The molecule has 1 atom stereocenters. The normalized spacial score (nSPS) is 12.5. The highest BCUT2D eigenvalue weighted by Crippen LogP contribution is 2.26. The Morgan fingerprint density at radius 1 is 1.47 bits per heavy atom. The third-order valence-electron chi connectivity index (χ3n) is 2.63. The van der Waals surface area contributed by atoms with Crippen LogP contribution < -0.4 is 4.90 Å². The van der Waals surface area contributed by atoms with Crippen LogP contribution in [0, 0.1) is 5.82 Å². The molecular weight excluding hydrogens is 221 g/mol. The van der Waals surface area contributed by atoms with E-state index in [-0.39, 0.29) is 5.82 Å². The number of aliphatic hydroxyl groups is 1. The van der Waals surface area contributed by atoms with E-state index in [0.717, 1.165) is 5.69 Å². The Labute approximate surface area is 102 Å². The number of halogens is 1. The maximum Gasteiger partial charge on any atom is 0.123 e. The van der Waals surface area contributed by atoms with Crippen LogP contribution in [0.4, 0.5) is 10.1 Å². The molecule has 1 rings (SSSR count). The lowest BCUT2D eigenvalue weighted by Gasteiger charge is -2.23. The van der Waals surface area contributed by atoms with Crippen molar-refractivity contribution in [3.63, 3.8) is 0 Å². The Morgan fingerprint density at radius 2 is 2.18 bits per heavy atom. The highest BCUT2D eigenvalue weighted by molar-refractivity contribution is 5.54. The van der Waals surface area contributed by atoms with Crippen molar-refractivity contribution in [2.45, 2.75) is 20.0 Å². The fraction of sp³-hybridized carbons (Fsp3) is 0.538. The van der Waals surface area contributed by atoms with Crippen molar-refractivity contribution in [1.82, 2.24) is 0 Å². The van der Waals surface area contributed by atoms with Crippen LogP contribution in [0.25, 0.3) is 0 Å². The number of hydrogen-bond donors (Lipinski definition) is 1. The molecule has 0 spiro atoms. The van der Waals surface area contributed by atoms with Crippen LogP contribution in [0.1, 0.15) is 25.5 Å². The Balaban J connectivity index is 2.81. The van der Waals surface area contributed by atoms with E-state index in [0.29, 0.717) is 25.3 Å². The summed E-state index contributed by atoms with van der Waals surface area (Å²) < 4.78 is 18.4. The standard InChI is InChI=1S/C13H20FNO2/c1-4-17-8-7-15(3)13-6-5-11(14)9-12(13)10(2)16/h5-6,9-10,16H,4,7-8H2,1-3H3/t10-/m0/s1. The van der Waals surface area contributed by atoms with Gasteiger partial charge >= 0.3 is 0 Å². The second-order valence-electron chi connectivity index (χ2n) is 4.00. The lowest BCUT2D eigenvalue weighted by atomic mass is 10.1. The lowest BCUT2D eigenvalue weighted by Crippen LogP contribution is -2.24. The molecule has 1 aromatic carbocycles. The van der Waals surface area contributed by atoms with Gasteiger partial charge in [0, 0.05) is 31.5 Å². The van der Waals surface area contributed by atoms with Crippen LogP contribution in [-0.4, -0.2) is 31.9 Å². The van der Waals surface area contributed by atoms with E-state index < -0.39 is 6.10 Å². The summed E-state index contributed by atoms with van der Waals surface area (Å²) in [6, 6.07) is 4.46. The van der Waals surface area contributed by atoms with Gasteiger partial charge in [-0.3, -0.25) is 0 Å². The molecule has 1 aromatic rings. The molecule has 0 saturated heterocycles. The van der Waals surface area contributed by atoms with Gasteiger partial charge in [-0.05, 0) is 32.0 Å². The van der Waals surface area contributed by atoms with E-state index >= 15 is 0 Å². The summed E-state index contributed by atoms with van der Waals surface area (Å²) in [5, 5.41) is 9.62. The first-order valence-corrected chi connectivity index (χ1v) is 5.82. The number of likely N-dealkylation sites (N-methyl/N-ethyl adjacent to an activating group) is 1. The highest BCUT2D eigenvalue weighted by atomic mass is 19.1. The number of rotatable bonds is 6. The SMILES string of the molecule is CCOCCN(C)c1ccc(F)cc1[C@H](C)O. The molecule has 0 fully saturated rings. The minimum Gasteiger partial charge on any atom is -0.389 e. The number of nitrogens with zero attached hydrogens (tertiary/aromatic N) is 1. The molecule has 0 heterocycles. The monoisotopic (exact) mass is 241 g/mol. The molecular formula is C13H20FNO2. The first kappa shape index (κ1) is 13.9. The van der Waals surface area contributed by atoms with E-state index in [9.17, 15) is 9.50 Å². The Bertz CT molecular complexity index is 355. The second kappa shape index (κ2) is 6.57. The fourth-order valence-corrected chi connectivity index (χ4v) is 1.67. The summed E-state index contributed by atoms with van der Waals surface area (Å²) in [5.74, 6) is -0.331. The van der Waals surface area contributed by atoms with E-state index in [1.165, 1.54) is 12.1 Å². The van der Waals surface area contributed by atoms with E-state index in [4.69, 9.17) is 4.74 Å². The van der Waals surface area contributed by atoms with Gasteiger partial charge in [-0.15, -0.1) is 0 Å². The molecule has 0 aliphatic heterocycles. The third kappa shape index (κ3) is 3.98. The first-order chi connectivity index (χ1) is 8.06. The number of anilines is 1. The summed E-state index contributed by atoms with van der Waals surface area (Å²) in [5.41, 5.74) is 1.44. The van der Waals surface area contributed by atoms with Crippen molar-refractivity contribution in [2.75, 3.05) is 31.7 Å². The maximum absolute atomic E-state index is 13.1. The zero-order chi connectivity index (χ0) is 12.8. The van der Waals surface area contributed by atoms with Gasteiger partial charge in [0.2, 0.25) is 0 Å². The summed E-state index contributed by atoms with van der Waals surface area (Å²) in [7, 11) is 1.90. The predicted octanol–water partition coefficient (Wildman–Crippen LogP) is 2.35. The summed E-state index contributed by atoms with van der Waals surface area (Å²) in [6.45, 7) is 5.58. The smallest absolute Gasteiger partial charge is 0.123 e. The van der Waals surface area contributed by atoms with Crippen molar-refractivity contribution in [3.05, 3.63) is 29.6 Å². The van der Waals surface area contributed by atoms with Crippen molar-refractivity contribution in [3.8, 4) is 0 Å². The van der Waals surface area contributed by atoms with Gasteiger partial charge in [-0.25, -0.2) is 4.39 Å². The molecule has 4 heteroatoms. The third-order valence-corrected chi connectivity index (χ3v) is 2.63. The first-order valence-electron chi connectivity index (χ1n) is 5.82. The van der Waals surface area contributed by atoms with Gasteiger partial charge in [0.1, 0.15) is 5.82 Å². The highest BCUT2D eigenvalue weighted by Gasteiger charge is 2.12. The van der Waals surface area contributed by atoms with Gasteiger partial charge in [-0.2, -0.15) is 0 Å². The van der Waals surface area contributed by atoms with Crippen LogP contribution in [0.2, 0.25) is 0 Å². The van der Waals surface area contributed by atoms with Gasteiger partial charge in [-0.1, -0.05) is 0 Å². The van der Waals surface area contributed by atoms with Gasteiger partial charge < -0.3 is 14.7 Å². The van der Waals surface area contributed by atoms with Crippen molar-refractivity contribution < 1.29 is 14.2 Å². The molecule has 0 saturated carbocycles. The maximum atomic E-state index is 13.1. The number of benzene rings is 1. The van der Waals surface area contributed by atoms with Crippen LogP contribution in [-0.2, 0) is 4.74 Å². The molecule has 0 aromatic heterocycles. The lowest BCUT2D eigenvalue weighted by molar-refractivity contribution is 0.154. The average Bonchev–Trinajstić information content (AvgIpc) is 2.29. The summed E-state index contributed by atoms with van der Waals surface area (Å²) >= 11 is 0. The molecule has 0 unspecified atom stereocenters. The molecule has 0 radical (unpaired) electrons. The zero-order valence-electron chi connectivity index (χ0n) is 10.6. The van der Waals surface area contributed by atoms with Crippen molar-refractivity contribution in [2.24, 2.45) is 0 Å². The van der Waals surface area contributed by atoms with Gasteiger partial charge in [0.25, 0.3) is 0 Å². The van der Waals surface area contributed by atoms with E-state index in [1.54, 1.807) is 13.0 Å². The number of aliphatic hydroxyl groups excluding tert-OH is 1. The average molecular weight is 241 g/mol. The molecule has 0 amide bonds. The Kier molecular flexibility index (Phi) is 5.38. The fourth-order valence-electron chi connectivity index (χ4n) is 1.67. The summed E-state index contributed by atoms with van der Waals surface area (Å²) in [6.07, 6.45) is -0.685. The zero-order valence-corrected chi connectivity index (χ0v) is 10.6. The van der Waals surface area contributed by atoms with Crippen molar-refractivity contribution >= 4 is 5.69 Å². The summed E-state index contributed by atoms with van der Waals surface area (Å²) in [4.78, 5) is 1.96. The second-order valence-corrected chi connectivity index (χ2v) is 4.00. The Morgan fingerprint density at radius 3 is 2.76 bits per heavy atom. The molecule has 17 heavy (non-hydrogen) atoms. The molecule has 0 aliphatic carbocycles. The van der Waals surface area contributed by atoms with Gasteiger partial charge in [0.15, 0.2) is 0 Å². The molecule has 96 valence electrons. The topological polar surface area (TPSA) is 32.7 Å². The van der Waals surface area contributed by atoms with Gasteiger partial charge in [0.05, 0.1) is 12.7 Å². The molecule has 1 N–H and O–H groups in total. The van der Waals surface area contributed by atoms with E-state index in [1.807, 2.05) is 18.9 Å². The largest absolute Gasteiger partial charge is 0.389 e. The van der Waals surface area contributed by atoms with Crippen LogP contribution in [0.5, 0.6) is 0 Å². The minimum atomic E-state index is -0.685. The molecule has 0 aliphatic rings. The minimum absolute atomic E-state index is 0.331. The van der Waals surface area contributed by atoms with Crippen LogP contribution in [0.3, 0.4) is 0 Å². The predicted molar refractivity (Wildman–Crippen MR) is 66.8 cm³/mol. The van der Waals surface area contributed by atoms with E-state index in [2.05, 4.69) is 0 Å². The van der Waals surface area contributed by atoms with Crippen molar-refractivity contribution in [1.29, 1.82) is 0 Å².